The SMILES string of the molecule is Nc1ccn(CC(=O)Nc2cc(Cl)ccc2F)n1. The van der Waals surface area contributed by atoms with Crippen LogP contribution in [0.3, 0.4) is 0 Å². The summed E-state index contributed by atoms with van der Waals surface area (Å²) in [4.78, 5) is 11.6. The van der Waals surface area contributed by atoms with Crippen LogP contribution in [0.25, 0.3) is 0 Å². The summed E-state index contributed by atoms with van der Waals surface area (Å²) in [6.07, 6.45) is 1.56. The van der Waals surface area contributed by atoms with Crippen molar-refractivity contribution < 1.29 is 9.18 Å². The normalized spacial score (nSPS) is 10.3. The van der Waals surface area contributed by atoms with Crippen molar-refractivity contribution in [2.75, 3.05) is 11.1 Å². The van der Waals surface area contributed by atoms with Crippen molar-refractivity contribution in [3.05, 3.63) is 41.3 Å². The lowest BCUT2D eigenvalue weighted by Crippen LogP contribution is -2.19. The van der Waals surface area contributed by atoms with E-state index in [1.807, 2.05) is 0 Å². The second-order valence-electron chi connectivity index (χ2n) is 3.61. The second-order valence-corrected chi connectivity index (χ2v) is 4.05. The van der Waals surface area contributed by atoms with Crippen LogP contribution in [0.2, 0.25) is 5.02 Å². The number of nitrogen functional groups attached to an aromatic ring is 1. The summed E-state index contributed by atoms with van der Waals surface area (Å²) in [7, 11) is 0. The molecule has 1 amide bonds. The van der Waals surface area contributed by atoms with Crippen LogP contribution in [0, 0.1) is 5.82 Å². The predicted molar refractivity (Wildman–Crippen MR) is 66.7 cm³/mol. The highest BCUT2D eigenvalue weighted by atomic mass is 35.5. The highest BCUT2D eigenvalue weighted by Crippen LogP contribution is 2.19. The molecule has 0 atom stereocenters. The molecule has 0 saturated heterocycles. The van der Waals surface area contributed by atoms with Crippen LogP contribution < -0.4 is 11.1 Å². The van der Waals surface area contributed by atoms with Crippen LogP contribution in [0.15, 0.2) is 30.5 Å². The van der Waals surface area contributed by atoms with E-state index < -0.39 is 11.7 Å². The number of carbonyl (C=O) groups is 1. The zero-order valence-corrected chi connectivity index (χ0v) is 9.99. The van der Waals surface area contributed by atoms with E-state index in [1.165, 1.54) is 22.9 Å². The largest absolute Gasteiger partial charge is 0.382 e. The van der Waals surface area contributed by atoms with Crippen LogP contribution >= 0.6 is 11.6 Å². The molecule has 5 nitrogen and oxygen atoms in total. The summed E-state index contributed by atoms with van der Waals surface area (Å²) in [6, 6.07) is 5.49. The Morgan fingerprint density at radius 2 is 2.28 bits per heavy atom. The van der Waals surface area contributed by atoms with E-state index >= 15 is 0 Å². The van der Waals surface area contributed by atoms with Crippen molar-refractivity contribution in [1.82, 2.24) is 9.78 Å². The topological polar surface area (TPSA) is 72.9 Å². The summed E-state index contributed by atoms with van der Waals surface area (Å²) in [6.45, 7) is -0.0524. The number of nitrogens with one attached hydrogen (secondary N) is 1. The number of nitrogens with zero attached hydrogens (tertiary/aromatic N) is 2. The van der Waals surface area contributed by atoms with Gasteiger partial charge < -0.3 is 11.1 Å². The first-order valence-electron chi connectivity index (χ1n) is 5.08. The minimum absolute atomic E-state index is 0.0348. The minimum Gasteiger partial charge on any atom is -0.382 e. The monoisotopic (exact) mass is 268 g/mol. The predicted octanol–water partition coefficient (Wildman–Crippen LogP) is 1.90. The number of nitrogens with two attached hydrogens (primary N) is 1. The minimum atomic E-state index is -0.548. The number of benzene rings is 1. The maximum atomic E-state index is 13.4. The number of anilines is 2. The molecule has 1 aromatic carbocycles. The third kappa shape index (κ3) is 2.98. The molecule has 3 N–H and O–H groups in total. The molecule has 0 unspecified atom stereocenters. The lowest BCUT2D eigenvalue weighted by atomic mass is 10.3. The summed E-state index contributed by atoms with van der Waals surface area (Å²) >= 11 is 5.71. The van der Waals surface area contributed by atoms with Gasteiger partial charge in [0.1, 0.15) is 18.2 Å². The zero-order valence-electron chi connectivity index (χ0n) is 9.23. The van der Waals surface area contributed by atoms with E-state index in [1.54, 1.807) is 12.3 Å². The quantitative estimate of drug-likeness (QED) is 0.893. The number of aromatic nitrogens is 2. The van der Waals surface area contributed by atoms with Gasteiger partial charge in [-0.2, -0.15) is 5.10 Å². The molecule has 0 radical (unpaired) electrons. The number of hydrogen-bond acceptors (Lipinski definition) is 3. The Morgan fingerprint density at radius 1 is 1.50 bits per heavy atom. The van der Waals surface area contributed by atoms with Gasteiger partial charge in [0.25, 0.3) is 0 Å². The first-order chi connectivity index (χ1) is 8.54. The molecular weight excluding hydrogens is 259 g/mol. The summed E-state index contributed by atoms with van der Waals surface area (Å²) in [5, 5.41) is 6.60. The third-order valence-electron chi connectivity index (χ3n) is 2.17. The van der Waals surface area contributed by atoms with Gasteiger partial charge in [0, 0.05) is 11.2 Å². The number of halogens is 2. The van der Waals surface area contributed by atoms with Gasteiger partial charge in [0.2, 0.25) is 5.91 Å². The molecule has 94 valence electrons. The molecule has 0 bridgehead atoms. The van der Waals surface area contributed by atoms with E-state index in [4.69, 9.17) is 17.3 Å². The highest BCUT2D eigenvalue weighted by molar-refractivity contribution is 6.30. The lowest BCUT2D eigenvalue weighted by molar-refractivity contribution is -0.116. The lowest BCUT2D eigenvalue weighted by Gasteiger charge is -2.06. The van der Waals surface area contributed by atoms with Crippen LogP contribution in [0.5, 0.6) is 0 Å². The van der Waals surface area contributed by atoms with Crippen LogP contribution in [-0.4, -0.2) is 15.7 Å². The molecule has 0 aliphatic rings. The molecule has 0 fully saturated rings. The fourth-order valence-corrected chi connectivity index (χ4v) is 1.57. The standard InChI is InChI=1S/C11H10ClFN4O/c12-7-1-2-8(13)9(5-7)15-11(18)6-17-4-3-10(14)16-17/h1-5H,6H2,(H2,14,16)(H,15,18). The van der Waals surface area contributed by atoms with E-state index in [9.17, 15) is 9.18 Å². The van der Waals surface area contributed by atoms with Crippen molar-refractivity contribution in [3.8, 4) is 0 Å². The fraction of sp³-hybridized carbons (Fsp3) is 0.0909. The Morgan fingerprint density at radius 3 is 2.94 bits per heavy atom. The number of amides is 1. The fourth-order valence-electron chi connectivity index (χ4n) is 1.40. The van der Waals surface area contributed by atoms with Crippen molar-refractivity contribution in [1.29, 1.82) is 0 Å². The Hall–Kier alpha value is -2.08. The van der Waals surface area contributed by atoms with Gasteiger partial charge in [-0.05, 0) is 24.3 Å². The second kappa shape index (κ2) is 5.05. The van der Waals surface area contributed by atoms with Crippen molar-refractivity contribution in [2.45, 2.75) is 6.54 Å². The molecule has 0 aliphatic heterocycles. The van der Waals surface area contributed by atoms with Gasteiger partial charge in [-0.25, -0.2) is 4.39 Å². The Labute approximate surface area is 107 Å². The molecule has 0 spiro atoms. The van der Waals surface area contributed by atoms with Crippen molar-refractivity contribution in [2.24, 2.45) is 0 Å². The average Bonchev–Trinajstić information content (AvgIpc) is 2.69. The van der Waals surface area contributed by atoms with Gasteiger partial charge >= 0.3 is 0 Å². The first-order valence-corrected chi connectivity index (χ1v) is 5.46. The third-order valence-corrected chi connectivity index (χ3v) is 2.40. The zero-order chi connectivity index (χ0) is 13.1. The Balaban J connectivity index is 2.05. The molecular formula is C11H10ClFN4O. The number of carbonyl (C=O) groups excluding carboxylic acids is 1. The summed E-state index contributed by atoms with van der Waals surface area (Å²) in [5.41, 5.74) is 5.44. The number of hydrogen-bond donors (Lipinski definition) is 2. The molecule has 18 heavy (non-hydrogen) atoms. The van der Waals surface area contributed by atoms with Crippen LogP contribution in [-0.2, 0) is 11.3 Å². The smallest absolute Gasteiger partial charge is 0.246 e. The molecule has 7 heteroatoms. The average molecular weight is 269 g/mol. The molecule has 1 aromatic heterocycles. The first kappa shape index (κ1) is 12.4. The van der Waals surface area contributed by atoms with Crippen molar-refractivity contribution >= 4 is 29.0 Å². The van der Waals surface area contributed by atoms with Gasteiger partial charge in [-0.15, -0.1) is 0 Å². The van der Waals surface area contributed by atoms with Gasteiger partial charge in [-0.1, -0.05) is 11.6 Å². The molecule has 0 saturated carbocycles. The van der Waals surface area contributed by atoms with Crippen molar-refractivity contribution in [3.63, 3.8) is 0 Å². The van der Waals surface area contributed by atoms with Gasteiger partial charge in [0.15, 0.2) is 0 Å². The maximum absolute atomic E-state index is 13.4. The van der Waals surface area contributed by atoms with E-state index in [0.717, 1.165) is 0 Å². The molecule has 1 heterocycles. The summed E-state index contributed by atoms with van der Waals surface area (Å²) in [5.74, 6) is -0.649. The van der Waals surface area contributed by atoms with Gasteiger partial charge in [0.05, 0.1) is 5.69 Å². The number of rotatable bonds is 3. The van der Waals surface area contributed by atoms with E-state index in [2.05, 4.69) is 10.4 Å². The molecule has 0 aliphatic carbocycles. The summed E-state index contributed by atoms with van der Waals surface area (Å²) < 4.78 is 14.7. The maximum Gasteiger partial charge on any atom is 0.246 e. The Kier molecular flexibility index (Phi) is 3.47. The van der Waals surface area contributed by atoms with Crippen LogP contribution in [0.4, 0.5) is 15.9 Å². The Bertz CT molecular complexity index is 584. The molecule has 2 aromatic rings. The molecule has 2 rings (SSSR count). The highest BCUT2D eigenvalue weighted by Gasteiger charge is 2.08. The van der Waals surface area contributed by atoms with Gasteiger partial charge in [-0.3, -0.25) is 9.48 Å². The van der Waals surface area contributed by atoms with Crippen LogP contribution in [0.1, 0.15) is 0 Å². The van der Waals surface area contributed by atoms with E-state index in [0.29, 0.717) is 10.8 Å². The van der Waals surface area contributed by atoms with E-state index in [-0.39, 0.29) is 12.2 Å².